The van der Waals surface area contributed by atoms with Crippen LogP contribution in [0.4, 0.5) is 5.82 Å². The van der Waals surface area contributed by atoms with Gasteiger partial charge in [-0.15, -0.1) is 0 Å². The number of hydrogen-bond donors (Lipinski definition) is 1. The molecule has 3 aromatic heterocycles. The first-order valence-electron chi connectivity index (χ1n) is 11.0. The number of halogens is 3. The SMILES string of the molecule is Cc1cccn2cc(-c3ccc(I)cc3)nc12.Cc1cccnc1N.O=C(CBr)c1ccc(I)cc1. The summed E-state index contributed by atoms with van der Waals surface area (Å²) in [6.45, 7) is 4.02. The lowest BCUT2D eigenvalue weighted by atomic mass is 10.2. The molecular weight excluding hydrogens is 742 g/mol. The molecule has 3 heterocycles. The molecule has 0 amide bonds. The van der Waals surface area contributed by atoms with Crippen molar-refractivity contribution in [1.82, 2.24) is 14.4 Å². The Hall–Kier alpha value is -2.31. The number of fused-ring (bicyclic) bond motifs is 1. The third-order valence-corrected chi connectivity index (χ3v) is 7.10. The van der Waals surface area contributed by atoms with Crippen molar-refractivity contribution in [3.8, 4) is 11.3 Å². The second-order valence-corrected chi connectivity index (χ2v) is 10.9. The third-order valence-electron chi connectivity index (χ3n) is 5.16. The van der Waals surface area contributed by atoms with E-state index in [1.807, 2.05) is 55.6 Å². The van der Waals surface area contributed by atoms with Gasteiger partial charge in [0.05, 0.1) is 11.0 Å². The average Bonchev–Trinajstić information content (AvgIpc) is 3.33. The van der Waals surface area contributed by atoms with E-state index in [9.17, 15) is 4.79 Å². The lowest BCUT2D eigenvalue weighted by Crippen LogP contribution is -1.98. The number of pyridine rings is 2. The molecule has 2 N–H and O–H groups in total. The highest BCUT2D eigenvalue weighted by atomic mass is 127. The summed E-state index contributed by atoms with van der Waals surface area (Å²) in [5, 5.41) is 0.396. The molecule has 5 rings (SSSR count). The van der Waals surface area contributed by atoms with Crippen LogP contribution in [-0.2, 0) is 0 Å². The van der Waals surface area contributed by atoms with Crippen LogP contribution in [0.25, 0.3) is 16.9 Å². The quantitative estimate of drug-likeness (QED) is 0.116. The number of hydrogen-bond acceptors (Lipinski definition) is 4. The standard InChI is InChI=1S/C14H11IN2.C8H6BrIO.C6H8N2/c1-10-3-2-8-17-9-13(16-14(10)17)11-4-6-12(15)7-5-11;9-5-8(11)6-1-3-7(10)4-2-6;1-5-3-2-4-8-6(5)7/h2-9H,1H3;1-4H,5H2;2-4H,1H3,(H2,7,8). The number of alkyl halides is 1. The molecule has 2 aromatic carbocycles. The third kappa shape index (κ3) is 8.10. The van der Waals surface area contributed by atoms with Crippen LogP contribution in [0.3, 0.4) is 0 Å². The highest BCUT2D eigenvalue weighted by molar-refractivity contribution is 14.1. The Bertz CT molecular complexity index is 1410. The van der Waals surface area contributed by atoms with Crippen molar-refractivity contribution >= 4 is 78.4 Å². The summed E-state index contributed by atoms with van der Waals surface area (Å²) in [7, 11) is 0. The molecule has 0 spiro atoms. The van der Waals surface area contributed by atoms with Gasteiger partial charge in [-0.25, -0.2) is 9.97 Å². The second-order valence-electron chi connectivity index (χ2n) is 7.82. The maximum Gasteiger partial charge on any atom is 0.173 e. The summed E-state index contributed by atoms with van der Waals surface area (Å²) in [5.74, 6) is 0.744. The number of imidazole rings is 1. The van der Waals surface area contributed by atoms with Crippen LogP contribution in [0.15, 0.2) is 91.4 Å². The summed E-state index contributed by atoms with van der Waals surface area (Å²) in [5.41, 5.74) is 11.6. The van der Waals surface area contributed by atoms with Crippen LogP contribution in [0, 0.1) is 21.0 Å². The molecule has 0 unspecified atom stereocenters. The van der Waals surface area contributed by atoms with Gasteiger partial charge >= 0.3 is 0 Å². The van der Waals surface area contributed by atoms with Gasteiger partial charge < -0.3 is 10.1 Å². The number of aryl methyl sites for hydroxylation is 2. The maximum atomic E-state index is 11.1. The molecule has 36 heavy (non-hydrogen) atoms. The molecule has 0 aliphatic heterocycles. The molecule has 0 saturated heterocycles. The van der Waals surface area contributed by atoms with E-state index in [1.54, 1.807) is 6.20 Å². The van der Waals surface area contributed by atoms with E-state index in [0.29, 0.717) is 11.1 Å². The van der Waals surface area contributed by atoms with Crippen LogP contribution in [0.5, 0.6) is 0 Å². The van der Waals surface area contributed by atoms with E-state index in [1.165, 1.54) is 9.13 Å². The van der Waals surface area contributed by atoms with Crippen molar-refractivity contribution in [3.63, 3.8) is 0 Å². The van der Waals surface area contributed by atoms with Crippen molar-refractivity contribution in [1.29, 1.82) is 0 Å². The van der Waals surface area contributed by atoms with Gasteiger partial charge in [0.15, 0.2) is 5.78 Å². The predicted molar refractivity (Wildman–Crippen MR) is 169 cm³/mol. The summed E-state index contributed by atoms with van der Waals surface area (Å²) in [4.78, 5) is 19.6. The summed E-state index contributed by atoms with van der Waals surface area (Å²) in [6, 6.07) is 23.9. The number of nitrogens with two attached hydrogens (primary N) is 1. The molecule has 5 aromatic rings. The Kier molecular flexibility index (Phi) is 10.9. The first-order valence-corrected chi connectivity index (χ1v) is 14.3. The van der Waals surface area contributed by atoms with Gasteiger partial charge in [0.2, 0.25) is 0 Å². The molecule has 8 heteroatoms. The zero-order valence-corrected chi connectivity index (χ0v) is 25.7. The lowest BCUT2D eigenvalue weighted by Gasteiger charge is -1.95. The molecule has 0 atom stereocenters. The second kappa shape index (κ2) is 13.8. The number of Topliss-reactive ketones (excluding diaryl/α,β-unsaturated/α-hetero) is 1. The van der Waals surface area contributed by atoms with E-state index in [-0.39, 0.29) is 5.78 Å². The van der Waals surface area contributed by atoms with Gasteiger partial charge in [0.1, 0.15) is 11.5 Å². The lowest BCUT2D eigenvalue weighted by molar-refractivity contribution is 0.102. The minimum atomic E-state index is 0.126. The predicted octanol–water partition coefficient (Wildman–Crippen LogP) is 7.76. The Morgan fingerprint density at radius 1 is 0.917 bits per heavy atom. The zero-order valence-electron chi connectivity index (χ0n) is 19.8. The van der Waals surface area contributed by atoms with E-state index in [2.05, 4.69) is 119 Å². The number of rotatable bonds is 3. The first-order chi connectivity index (χ1) is 17.3. The van der Waals surface area contributed by atoms with Gasteiger partial charge in [-0.1, -0.05) is 52.3 Å². The number of carbonyl (C=O) groups excluding carboxylic acids is 1. The zero-order chi connectivity index (χ0) is 26.1. The number of nitrogen functional groups attached to an aromatic ring is 1. The van der Waals surface area contributed by atoms with Gasteiger partial charge in [-0.2, -0.15) is 0 Å². The molecule has 0 aliphatic carbocycles. The van der Waals surface area contributed by atoms with Crippen molar-refractivity contribution < 1.29 is 4.79 Å². The molecule has 5 nitrogen and oxygen atoms in total. The molecule has 0 saturated carbocycles. The fraction of sp³-hybridized carbons (Fsp3) is 0.107. The molecule has 0 radical (unpaired) electrons. The molecule has 0 fully saturated rings. The molecule has 0 bridgehead atoms. The minimum absolute atomic E-state index is 0.126. The van der Waals surface area contributed by atoms with E-state index in [4.69, 9.17) is 5.73 Å². The fourth-order valence-electron chi connectivity index (χ4n) is 3.12. The highest BCUT2D eigenvalue weighted by Crippen LogP contribution is 2.21. The van der Waals surface area contributed by atoms with Crippen LogP contribution in [0.2, 0.25) is 0 Å². The van der Waals surface area contributed by atoms with Crippen LogP contribution in [0.1, 0.15) is 21.5 Å². The van der Waals surface area contributed by atoms with Gasteiger partial charge in [-0.05, 0) is 107 Å². The van der Waals surface area contributed by atoms with Crippen molar-refractivity contribution in [2.24, 2.45) is 0 Å². The van der Waals surface area contributed by atoms with Crippen LogP contribution >= 0.6 is 61.1 Å². The normalized spacial score (nSPS) is 10.1. The van der Waals surface area contributed by atoms with Gasteiger partial charge in [0.25, 0.3) is 0 Å². The largest absolute Gasteiger partial charge is 0.383 e. The smallest absolute Gasteiger partial charge is 0.173 e. The average molecular weight is 767 g/mol. The molecule has 0 aliphatic rings. The van der Waals surface area contributed by atoms with Crippen molar-refractivity contribution in [3.05, 3.63) is 115 Å². The number of nitrogens with zero attached hydrogens (tertiary/aromatic N) is 3. The fourth-order valence-corrected chi connectivity index (χ4v) is 4.17. The molecular formula is C28H25BrI2N4O. The number of benzene rings is 2. The first kappa shape index (κ1) is 28.3. The number of aromatic nitrogens is 3. The molecule has 184 valence electrons. The Morgan fingerprint density at radius 3 is 2.06 bits per heavy atom. The number of carbonyl (C=O) groups is 1. The van der Waals surface area contributed by atoms with Crippen LogP contribution in [-0.4, -0.2) is 25.5 Å². The Morgan fingerprint density at radius 2 is 1.53 bits per heavy atom. The maximum absolute atomic E-state index is 11.1. The monoisotopic (exact) mass is 766 g/mol. The minimum Gasteiger partial charge on any atom is -0.383 e. The van der Waals surface area contributed by atoms with Gasteiger partial charge in [-0.3, -0.25) is 4.79 Å². The summed E-state index contributed by atoms with van der Waals surface area (Å²) < 4.78 is 4.46. The van der Waals surface area contributed by atoms with Crippen molar-refractivity contribution in [2.75, 3.05) is 11.1 Å². The van der Waals surface area contributed by atoms with E-state index < -0.39 is 0 Å². The summed E-state index contributed by atoms with van der Waals surface area (Å²) >= 11 is 7.64. The number of ketones is 1. The summed E-state index contributed by atoms with van der Waals surface area (Å²) in [6.07, 6.45) is 5.79. The number of anilines is 1. The van der Waals surface area contributed by atoms with Crippen LogP contribution < -0.4 is 5.73 Å². The topological polar surface area (TPSA) is 73.3 Å². The van der Waals surface area contributed by atoms with Gasteiger partial charge in [0, 0.05) is 36.9 Å². The Labute approximate surface area is 247 Å². The Balaban J connectivity index is 0.000000164. The van der Waals surface area contributed by atoms with Crippen molar-refractivity contribution in [2.45, 2.75) is 13.8 Å². The highest BCUT2D eigenvalue weighted by Gasteiger charge is 2.05. The van der Waals surface area contributed by atoms with E-state index >= 15 is 0 Å². The van der Waals surface area contributed by atoms with E-state index in [0.717, 1.165) is 31.6 Å².